The zero-order chi connectivity index (χ0) is 38.5. The molecular formula is C56H44S. The smallest absolute Gasteiger partial charge is 0.0694 e. The van der Waals surface area contributed by atoms with Crippen LogP contribution in [0, 0.1) is 20.8 Å². The molecule has 1 heterocycles. The second kappa shape index (κ2) is 14.3. The molecule has 0 aliphatic heterocycles. The van der Waals surface area contributed by atoms with Crippen LogP contribution in [0.1, 0.15) is 51.8 Å². The molecule has 57 heavy (non-hydrogen) atoms. The maximum atomic E-state index is 2.45. The van der Waals surface area contributed by atoms with Crippen molar-refractivity contribution in [3.8, 4) is 22.3 Å². The van der Waals surface area contributed by atoms with E-state index in [4.69, 9.17) is 0 Å². The van der Waals surface area contributed by atoms with Crippen LogP contribution >= 0.6 is 11.3 Å². The molecule has 0 saturated carbocycles. The molecule has 0 radical (unpaired) electrons. The topological polar surface area (TPSA) is 0 Å². The Hall–Kier alpha value is -6.28. The summed E-state index contributed by atoms with van der Waals surface area (Å²) in [5, 5.41) is 5.50. The van der Waals surface area contributed by atoms with E-state index in [0.29, 0.717) is 0 Å². The van der Waals surface area contributed by atoms with Crippen LogP contribution in [-0.4, -0.2) is 0 Å². The van der Waals surface area contributed by atoms with Gasteiger partial charge < -0.3 is 0 Å². The Morgan fingerprint density at radius 1 is 0.491 bits per heavy atom. The van der Waals surface area contributed by atoms with Crippen LogP contribution in [0.25, 0.3) is 58.8 Å². The Morgan fingerprint density at radius 2 is 1.18 bits per heavy atom. The predicted octanol–water partition coefficient (Wildman–Crippen LogP) is 15.6. The first-order valence-electron chi connectivity index (χ1n) is 20.1. The van der Waals surface area contributed by atoms with Crippen LogP contribution in [0.15, 0.2) is 194 Å². The molecule has 3 aliphatic rings. The van der Waals surface area contributed by atoms with E-state index < -0.39 is 0 Å². The number of fused-ring (bicyclic) bond motifs is 14. The number of rotatable bonds is 1. The van der Waals surface area contributed by atoms with Crippen molar-refractivity contribution in [1.29, 1.82) is 0 Å². The second-order valence-electron chi connectivity index (χ2n) is 15.7. The van der Waals surface area contributed by atoms with Gasteiger partial charge in [-0.1, -0.05) is 193 Å². The van der Waals surface area contributed by atoms with Gasteiger partial charge in [-0.05, 0) is 112 Å². The zero-order valence-corrected chi connectivity index (χ0v) is 33.5. The van der Waals surface area contributed by atoms with E-state index in [-0.39, 0.29) is 5.41 Å². The number of allylic oxidation sites excluding steroid dienone is 4. The molecule has 0 amide bonds. The molecule has 12 rings (SSSR count). The van der Waals surface area contributed by atoms with Crippen LogP contribution in [0.2, 0.25) is 0 Å². The minimum absolute atomic E-state index is 0.172. The molecule has 0 nitrogen and oxygen atoms in total. The lowest BCUT2D eigenvalue weighted by atomic mass is 9.67. The summed E-state index contributed by atoms with van der Waals surface area (Å²) in [6.07, 6.45) is 6.97. The van der Waals surface area contributed by atoms with Gasteiger partial charge in [-0.25, -0.2) is 0 Å². The lowest BCUT2D eigenvalue weighted by Crippen LogP contribution is -2.28. The van der Waals surface area contributed by atoms with Crippen molar-refractivity contribution in [3.63, 3.8) is 0 Å². The predicted molar refractivity (Wildman–Crippen MR) is 246 cm³/mol. The maximum absolute atomic E-state index is 2.45. The van der Waals surface area contributed by atoms with E-state index in [0.717, 1.165) is 12.8 Å². The van der Waals surface area contributed by atoms with Crippen LogP contribution in [0.4, 0.5) is 0 Å². The van der Waals surface area contributed by atoms with Gasteiger partial charge in [-0.15, -0.1) is 11.3 Å². The van der Waals surface area contributed by atoms with Crippen molar-refractivity contribution in [1.82, 2.24) is 0 Å². The molecule has 274 valence electrons. The summed E-state index contributed by atoms with van der Waals surface area (Å²) in [5.74, 6) is 0. The molecule has 0 bridgehead atoms. The number of aryl methyl sites for hydroxylation is 3. The molecule has 1 unspecified atom stereocenters. The molecule has 8 aromatic carbocycles. The molecule has 1 spiro atoms. The van der Waals surface area contributed by atoms with Gasteiger partial charge >= 0.3 is 0 Å². The van der Waals surface area contributed by atoms with E-state index in [2.05, 4.69) is 203 Å². The third-order valence-corrected chi connectivity index (χ3v) is 13.5. The van der Waals surface area contributed by atoms with E-state index in [9.17, 15) is 0 Å². The van der Waals surface area contributed by atoms with E-state index in [1.807, 2.05) is 17.4 Å². The zero-order valence-electron chi connectivity index (χ0n) is 32.7. The minimum atomic E-state index is -0.172. The van der Waals surface area contributed by atoms with E-state index in [1.165, 1.54) is 97.7 Å². The summed E-state index contributed by atoms with van der Waals surface area (Å²) >= 11 is 1.89. The van der Waals surface area contributed by atoms with Crippen molar-refractivity contribution < 1.29 is 0 Å². The molecule has 9 aromatic rings. The normalized spacial score (nSPS) is 15.8. The molecular weight excluding hydrogens is 705 g/mol. The first-order valence-corrected chi connectivity index (χ1v) is 21.0. The van der Waals surface area contributed by atoms with Crippen molar-refractivity contribution in [2.75, 3.05) is 0 Å². The van der Waals surface area contributed by atoms with Crippen molar-refractivity contribution in [2.24, 2.45) is 0 Å². The third-order valence-electron chi connectivity index (χ3n) is 12.2. The number of thiophene rings is 1. The van der Waals surface area contributed by atoms with Crippen molar-refractivity contribution in [3.05, 3.63) is 233 Å². The average Bonchev–Trinajstić information content (AvgIpc) is 3.89. The Morgan fingerprint density at radius 3 is 2.04 bits per heavy atom. The lowest BCUT2D eigenvalue weighted by Gasteiger charge is -2.34. The molecule has 0 N–H and O–H groups in total. The number of hydrogen-bond acceptors (Lipinski definition) is 1. The highest BCUT2D eigenvalue weighted by atomic mass is 32.1. The molecule has 3 aliphatic carbocycles. The van der Waals surface area contributed by atoms with Gasteiger partial charge in [0.2, 0.25) is 0 Å². The van der Waals surface area contributed by atoms with Gasteiger partial charge in [0.25, 0.3) is 0 Å². The van der Waals surface area contributed by atoms with E-state index in [1.54, 1.807) is 5.57 Å². The minimum Gasteiger partial charge on any atom is -0.135 e. The van der Waals surface area contributed by atoms with Crippen LogP contribution < -0.4 is 0 Å². The fourth-order valence-corrected chi connectivity index (χ4v) is 10.8. The first-order chi connectivity index (χ1) is 28.0. The highest BCUT2D eigenvalue weighted by Gasteiger charge is 2.53. The SMILES string of the molecule is Cc1ccc(-c2ccccc2)cc1.Cc1ccc2c(c1)C1(C3=C(C=CCC3)c3ccccc31)c1c-2ccc2ccccc12.Cc1cccc2c1sc1ccccc12. The molecule has 1 aromatic heterocycles. The van der Waals surface area contributed by atoms with Crippen molar-refractivity contribution in [2.45, 2.75) is 39.0 Å². The van der Waals surface area contributed by atoms with Crippen molar-refractivity contribution >= 4 is 47.9 Å². The Balaban J connectivity index is 0.000000121. The Kier molecular flexibility index (Phi) is 8.84. The number of hydrogen-bond donors (Lipinski definition) is 0. The van der Waals surface area contributed by atoms with Gasteiger partial charge in [0, 0.05) is 20.2 Å². The third kappa shape index (κ3) is 5.80. The summed E-state index contributed by atoms with van der Waals surface area (Å²) in [4.78, 5) is 0. The van der Waals surface area contributed by atoms with Gasteiger partial charge in [-0.3, -0.25) is 0 Å². The summed E-state index contributed by atoms with van der Waals surface area (Å²) in [5.41, 5.74) is 18.1. The largest absolute Gasteiger partial charge is 0.135 e. The first kappa shape index (κ1) is 35.2. The fourth-order valence-electron chi connectivity index (χ4n) is 9.61. The van der Waals surface area contributed by atoms with E-state index >= 15 is 0 Å². The summed E-state index contributed by atoms with van der Waals surface area (Å²) < 4.78 is 2.81. The highest BCUT2D eigenvalue weighted by Crippen LogP contribution is 2.64. The summed E-state index contributed by atoms with van der Waals surface area (Å²) in [7, 11) is 0. The number of benzene rings is 8. The molecule has 1 atom stereocenters. The molecule has 0 fully saturated rings. The van der Waals surface area contributed by atoms with Gasteiger partial charge in [-0.2, -0.15) is 0 Å². The lowest BCUT2D eigenvalue weighted by molar-refractivity contribution is 0.718. The molecule has 1 heteroatoms. The summed E-state index contributed by atoms with van der Waals surface area (Å²) in [6.45, 7) is 6.51. The molecule has 0 saturated heterocycles. The van der Waals surface area contributed by atoms with Crippen LogP contribution in [0.5, 0.6) is 0 Å². The van der Waals surface area contributed by atoms with Crippen LogP contribution in [-0.2, 0) is 5.41 Å². The Labute approximate surface area is 340 Å². The standard InChI is InChI=1S/C30H22.C13H10S.C13H12/c1-19-14-16-24-25-17-15-20-8-2-3-9-21(20)29(25)30(28(24)18-19)26-12-6-4-10-22(26)23-11-5-7-13-27(23)30;1-9-5-4-7-11-10-6-2-3-8-12(10)14-13(9)11;1-11-7-9-13(10-8-11)12-5-3-2-4-6-12/h2-6,8-12,14-18H,7,13H2,1H3;2-8H,1H3;2-10H,1H3. The van der Waals surface area contributed by atoms with Crippen LogP contribution in [0.3, 0.4) is 0 Å². The maximum Gasteiger partial charge on any atom is 0.0694 e. The quantitative estimate of drug-likeness (QED) is 0.157. The summed E-state index contributed by atoms with van der Waals surface area (Å²) in [6, 6.07) is 64.0. The second-order valence-corrected chi connectivity index (χ2v) is 16.7. The van der Waals surface area contributed by atoms with Gasteiger partial charge in [0.1, 0.15) is 0 Å². The van der Waals surface area contributed by atoms with Gasteiger partial charge in [0.15, 0.2) is 0 Å². The Bertz CT molecular complexity index is 3030. The fraction of sp³-hybridized carbons (Fsp3) is 0.107. The van der Waals surface area contributed by atoms with Gasteiger partial charge in [0.05, 0.1) is 5.41 Å². The average molecular weight is 749 g/mol. The monoisotopic (exact) mass is 748 g/mol. The highest BCUT2D eigenvalue weighted by molar-refractivity contribution is 7.26.